The smallest absolute Gasteiger partial charge is 0.299 e. The Morgan fingerprint density at radius 1 is 1.05 bits per heavy atom. The van der Waals surface area contributed by atoms with Gasteiger partial charge in [-0.25, -0.2) is 8.78 Å². The van der Waals surface area contributed by atoms with Crippen LogP contribution < -0.4 is 4.90 Å². The molecule has 21 heavy (non-hydrogen) atoms. The van der Waals surface area contributed by atoms with Gasteiger partial charge in [-0.1, -0.05) is 22.0 Å². The standard InChI is InChI=1S/C15H8BrF2NO2/c16-8-4-5-13-9(6-8)14(20)15(21)19(13)7-10-11(17)2-1-3-12(10)18/h1-6H,7H2. The lowest BCUT2D eigenvalue weighted by molar-refractivity contribution is -0.114. The van der Waals surface area contributed by atoms with E-state index in [0.717, 1.165) is 17.0 Å². The van der Waals surface area contributed by atoms with Crippen molar-refractivity contribution in [3.05, 3.63) is 63.6 Å². The van der Waals surface area contributed by atoms with Gasteiger partial charge in [-0.3, -0.25) is 9.59 Å². The third-order valence-corrected chi connectivity index (χ3v) is 3.80. The van der Waals surface area contributed by atoms with Crippen LogP contribution in [0.3, 0.4) is 0 Å². The van der Waals surface area contributed by atoms with Gasteiger partial charge in [0, 0.05) is 10.0 Å². The summed E-state index contributed by atoms with van der Waals surface area (Å²) >= 11 is 3.22. The number of fused-ring (bicyclic) bond motifs is 1. The molecule has 0 saturated heterocycles. The molecular weight excluding hydrogens is 344 g/mol. The molecule has 1 aliphatic heterocycles. The van der Waals surface area contributed by atoms with Crippen molar-refractivity contribution in [3.8, 4) is 0 Å². The molecular formula is C15H8BrF2NO2. The first-order chi connectivity index (χ1) is 9.99. The summed E-state index contributed by atoms with van der Waals surface area (Å²) < 4.78 is 28.0. The predicted molar refractivity (Wildman–Crippen MR) is 76.0 cm³/mol. The highest BCUT2D eigenvalue weighted by molar-refractivity contribution is 9.10. The molecule has 1 aliphatic rings. The van der Waals surface area contributed by atoms with Gasteiger partial charge in [-0.05, 0) is 30.3 Å². The summed E-state index contributed by atoms with van der Waals surface area (Å²) in [6.45, 7) is -0.322. The largest absolute Gasteiger partial charge is 0.300 e. The van der Waals surface area contributed by atoms with E-state index in [4.69, 9.17) is 0 Å². The van der Waals surface area contributed by atoms with Crippen molar-refractivity contribution in [2.24, 2.45) is 0 Å². The maximum atomic E-state index is 13.7. The van der Waals surface area contributed by atoms with Crippen molar-refractivity contribution in [2.75, 3.05) is 4.90 Å². The maximum Gasteiger partial charge on any atom is 0.299 e. The Morgan fingerprint density at radius 2 is 1.71 bits per heavy atom. The molecule has 1 heterocycles. The minimum atomic E-state index is -0.786. The topological polar surface area (TPSA) is 37.4 Å². The van der Waals surface area contributed by atoms with Crippen molar-refractivity contribution in [1.29, 1.82) is 0 Å². The Kier molecular flexibility index (Phi) is 3.33. The van der Waals surface area contributed by atoms with E-state index < -0.39 is 23.3 Å². The molecule has 0 spiro atoms. The van der Waals surface area contributed by atoms with Crippen molar-refractivity contribution in [1.82, 2.24) is 0 Å². The summed E-state index contributed by atoms with van der Waals surface area (Å²) in [6.07, 6.45) is 0. The van der Waals surface area contributed by atoms with Crippen LogP contribution in [0.15, 0.2) is 40.9 Å². The molecule has 6 heteroatoms. The Balaban J connectivity index is 2.05. The van der Waals surface area contributed by atoms with Crippen molar-refractivity contribution in [2.45, 2.75) is 6.54 Å². The molecule has 0 N–H and O–H groups in total. The normalized spacial score (nSPS) is 13.8. The minimum absolute atomic E-state index is 0.228. The average Bonchev–Trinajstić information content (AvgIpc) is 2.67. The summed E-state index contributed by atoms with van der Waals surface area (Å²) in [6, 6.07) is 8.23. The fourth-order valence-electron chi connectivity index (χ4n) is 2.27. The number of hydrogen-bond donors (Lipinski definition) is 0. The zero-order valence-corrected chi connectivity index (χ0v) is 12.2. The summed E-state index contributed by atoms with van der Waals surface area (Å²) in [4.78, 5) is 25.0. The molecule has 0 aliphatic carbocycles. The number of halogens is 3. The molecule has 106 valence electrons. The Morgan fingerprint density at radius 3 is 2.38 bits per heavy atom. The van der Waals surface area contributed by atoms with E-state index in [1.807, 2.05) is 0 Å². The molecule has 0 bridgehead atoms. The van der Waals surface area contributed by atoms with Gasteiger partial charge >= 0.3 is 0 Å². The second kappa shape index (κ2) is 5.04. The van der Waals surface area contributed by atoms with E-state index in [-0.39, 0.29) is 17.7 Å². The summed E-state index contributed by atoms with van der Waals surface area (Å²) in [5.41, 5.74) is 0.344. The van der Waals surface area contributed by atoms with E-state index >= 15 is 0 Å². The molecule has 0 unspecified atom stereocenters. The van der Waals surface area contributed by atoms with Crippen molar-refractivity contribution < 1.29 is 18.4 Å². The summed E-state index contributed by atoms with van der Waals surface area (Å²) in [5, 5.41) is 0. The molecule has 0 saturated carbocycles. The monoisotopic (exact) mass is 351 g/mol. The Labute approximate surface area is 127 Å². The van der Waals surface area contributed by atoms with Crippen LogP contribution in [0.1, 0.15) is 15.9 Å². The number of ketones is 1. The molecule has 0 atom stereocenters. The Bertz CT molecular complexity index is 756. The van der Waals surface area contributed by atoms with E-state index in [1.54, 1.807) is 12.1 Å². The van der Waals surface area contributed by atoms with Crippen LogP contribution in [0.4, 0.5) is 14.5 Å². The van der Waals surface area contributed by atoms with Crippen LogP contribution in [0.5, 0.6) is 0 Å². The molecule has 0 radical (unpaired) electrons. The fraction of sp³-hybridized carbons (Fsp3) is 0.0667. The molecule has 3 nitrogen and oxygen atoms in total. The SMILES string of the molecule is O=C1C(=O)N(Cc2c(F)cccc2F)c2ccc(Br)cc21. The number of nitrogens with zero attached hydrogens (tertiary/aromatic N) is 1. The lowest BCUT2D eigenvalue weighted by Crippen LogP contribution is -2.30. The van der Waals surface area contributed by atoms with Gasteiger partial charge < -0.3 is 4.90 Å². The number of Topliss-reactive ketones (excluding diaryl/α,β-unsaturated/α-hetero) is 1. The first-order valence-corrected chi connectivity index (χ1v) is 6.87. The number of hydrogen-bond acceptors (Lipinski definition) is 2. The van der Waals surface area contributed by atoms with Crippen LogP contribution in [0.2, 0.25) is 0 Å². The third kappa shape index (κ3) is 2.25. The molecule has 1 amide bonds. The summed E-state index contributed by atoms with van der Waals surface area (Å²) in [7, 11) is 0. The van der Waals surface area contributed by atoms with Crippen LogP contribution >= 0.6 is 15.9 Å². The molecule has 2 aromatic carbocycles. The maximum absolute atomic E-state index is 13.7. The predicted octanol–water partition coefficient (Wildman–Crippen LogP) is 3.46. The van der Waals surface area contributed by atoms with Crippen molar-refractivity contribution in [3.63, 3.8) is 0 Å². The molecule has 2 aromatic rings. The van der Waals surface area contributed by atoms with Crippen molar-refractivity contribution >= 4 is 33.3 Å². The average molecular weight is 352 g/mol. The third-order valence-electron chi connectivity index (χ3n) is 3.31. The number of carbonyl (C=O) groups excluding carboxylic acids is 2. The molecule has 0 aromatic heterocycles. The minimum Gasteiger partial charge on any atom is -0.300 e. The highest BCUT2D eigenvalue weighted by Crippen LogP contribution is 2.33. The van der Waals surface area contributed by atoms with E-state index in [0.29, 0.717) is 10.2 Å². The first kappa shape index (κ1) is 13.9. The van der Waals surface area contributed by atoms with Crippen LogP contribution in [0, 0.1) is 11.6 Å². The number of carbonyl (C=O) groups is 2. The second-order valence-corrected chi connectivity index (χ2v) is 5.50. The lowest BCUT2D eigenvalue weighted by Gasteiger charge is -2.17. The highest BCUT2D eigenvalue weighted by atomic mass is 79.9. The van der Waals surface area contributed by atoms with Crippen LogP contribution in [-0.2, 0) is 11.3 Å². The molecule has 0 fully saturated rings. The quantitative estimate of drug-likeness (QED) is 0.777. The van der Waals surface area contributed by atoms with E-state index in [9.17, 15) is 18.4 Å². The highest BCUT2D eigenvalue weighted by Gasteiger charge is 2.36. The number of benzene rings is 2. The van der Waals surface area contributed by atoms with Crippen LogP contribution in [0.25, 0.3) is 0 Å². The Hall–Kier alpha value is -2.08. The van der Waals surface area contributed by atoms with Gasteiger partial charge in [0.25, 0.3) is 11.7 Å². The zero-order chi connectivity index (χ0) is 15.1. The number of rotatable bonds is 2. The zero-order valence-electron chi connectivity index (χ0n) is 10.6. The van der Waals surface area contributed by atoms with Gasteiger partial charge in [-0.15, -0.1) is 0 Å². The van der Waals surface area contributed by atoms with Crippen LogP contribution in [-0.4, -0.2) is 11.7 Å². The molecule has 3 rings (SSSR count). The number of amides is 1. The number of anilines is 1. The van der Waals surface area contributed by atoms with E-state index in [2.05, 4.69) is 15.9 Å². The first-order valence-electron chi connectivity index (χ1n) is 6.07. The van der Waals surface area contributed by atoms with Gasteiger partial charge in [-0.2, -0.15) is 0 Å². The van der Waals surface area contributed by atoms with Gasteiger partial charge in [0.15, 0.2) is 0 Å². The summed E-state index contributed by atoms with van der Waals surface area (Å²) in [5.74, 6) is -2.96. The van der Waals surface area contributed by atoms with E-state index in [1.165, 1.54) is 12.1 Å². The second-order valence-electron chi connectivity index (χ2n) is 4.58. The lowest BCUT2D eigenvalue weighted by atomic mass is 10.1. The fourth-order valence-corrected chi connectivity index (χ4v) is 2.63. The van der Waals surface area contributed by atoms with Gasteiger partial charge in [0.1, 0.15) is 11.6 Å². The van der Waals surface area contributed by atoms with Gasteiger partial charge in [0.05, 0.1) is 17.8 Å². The van der Waals surface area contributed by atoms with Gasteiger partial charge in [0.2, 0.25) is 0 Å².